The van der Waals surface area contributed by atoms with E-state index in [9.17, 15) is 19.5 Å². The Labute approximate surface area is 161 Å². The molecule has 1 saturated heterocycles. The molecule has 6 nitrogen and oxygen atoms in total. The van der Waals surface area contributed by atoms with Crippen LogP contribution in [0.1, 0.15) is 42.1 Å². The van der Waals surface area contributed by atoms with Crippen LogP contribution < -0.4 is 5.32 Å². The largest absolute Gasteiger partial charge is 0.480 e. The maximum atomic E-state index is 12.2. The molecule has 0 saturated carbocycles. The third-order valence-corrected chi connectivity index (χ3v) is 5.39. The van der Waals surface area contributed by atoms with Crippen LogP contribution in [0.4, 0.5) is 0 Å². The number of thiocarbonyl (C=S) groups is 1. The molecule has 2 N–H and O–H groups in total. The smallest absolute Gasteiger partial charge is 0.326 e. The summed E-state index contributed by atoms with van der Waals surface area (Å²) in [6.07, 6.45) is 3.70. The fourth-order valence-corrected chi connectivity index (χ4v) is 3.51. The van der Waals surface area contributed by atoms with Gasteiger partial charge in [0.05, 0.1) is 4.91 Å². The second kappa shape index (κ2) is 8.95. The summed E-state index contributed by atoms with van der Waals surface area (Å²) in [7, 11) is 1.63. The Morgan fingerprint density at radius 2 is 2.00 bits per heavy atom. The number of likely N-dealkylation sites (N-methyl/N-ethyl adjacent to an activating group) is 1. The highest BCUT2D eigenvalue weighted by Crippen LogP contribution is 2.31. The van der Waals surface area contributed by atoms with E-state index in [4.69, 9.17) is 12.2 Å². The van der Waals surface area contributed by atoms with Gasteiger partial charge in [0.25, 0.3) is 11.8 Å². The molecule has 26 heavy (non-hydrogen) atoms. The third-order valence-electron chi connectivity index (χ3n) is 3.91. The van der Waals surface area contributed by atoms with Crippen LogP contribution in [0, 0.1) is 0 Å². The fourth-order valence-electron chi connectivity index (χ4n) is 2.33. The van der Waals surface area contributed by atoms with E-state index in [1.165, 1.54) is 16.7 Å². The van der Waals surface area contributed by atoms with E-state index in [-0.39, 0.29) is 5.91 Å². The van der Waals surface area contributed by atoms with E-state index in [1.807, 2.05) is 6.92 Å². The zero-order valence-corrected chi connectivity index (χ0v) is 16.2. The molecule has 1 atom stereocenters. The molecule has 1 aliphatic heterocycles. The number of carbonyl (C=O) groups is 3. The number of thioether (sulfide) groups is 1. The number of rotatable bonds is 7. The minimum absolute atomic E-state index is 0.151. The average Bonchev–Trinajstić information content (AvgIpc) is 2.85. The molecular formula is C18H20N2O4S2. The first-order chi connectivity index (χ1) is 12.3. The van der Waals surface area contributed by atoms with E-state index >= 15 is 0 Å². The van der Waals surface area contributed by atoms with Crippen molar-refractivity contribution < 1.29 is 19.5 Å². The molecular weight excluding hydrogens is 372 g/mol. The first kappa shape index (κ1) is 20.1. The summed E-state index contributed by atoms with van der Waals surface area (Å²) in [4.78, 5) is 37.4. The Morgan fingerprint density at radius 1 is 1.35 bits per heavy atom. The Kier molecular flexibility index (Phi) is 6.93. The van der Waals surface area contributed by atoms with E-state index in [0.29, 0.717) is 21.2 Å². The molecule has 1 unspecified atom stereocenters. The Balaban J connectivity index is 2.07. The van der Waals surface area contributed by atoms with Crippen molar-refractivity contribution in [3.8, 4) is 0 Å². The van der Waals surface area contributed by atoms with Crippen LogP contribution in [0.2, 0.25) is 0 Å². The number of hydrogen-bond donors (Lipinski definition) is 2. The number of amides is 2. The Bertz CT molecular complexity index is 759. The molecule has 1 aromatic carbocycles. The number of hydrogen-bond acceptors (Lipinski definition) is 5. The number of carboxylic acids is 1. The zero-order chi connectivity index (χ0) is 19.3. The molecule has 2 rings (SSSR count). The summed E-state index contributed by atoms with van der Waals surface area (Å²) < 4.78 is 0.504. The molecule has 0 aromatic heterocycles. The molecule has 1 fully saturated rings. The maximum Gasteiger partial charge on any atom is 0.326 e. The van der Waals surface area contributed by atoms with Crippen molar-refractivity contribution in [1.29, 1.82) is 0 Å². The van der Waals surface area contributed by atoms with Gasteiger partial charge in [0.15, 0.2) is 0 Å². The van der Waals surface area contributed by atoms with Crippen molar-refractivity contribution in [2.24, 2.45) is 0 Å². The highest BCUT2D eigenvalue weighted by atomic mass is 32.2. The van der Waals surface area contributed by atoms with Gasteiger partial charge in [-0.2, -0.15) is 0 Å². The molecule has 1 aromatic rings. The van der Waals surface area contributed by atoms with Gasteiger partial charge in [0, 0.05) is 12.6 Å². The first-order valence-corrected chi connectivity index (χ1v) is 9.41. The molecule has 2 amide bonds. The van der Waals surface area contributed by atoms with Crippen LogP contribution in [-0.2, 0) is 9.59 Å². The lowest BCUT2D eigenvalue weighted by molar-refractivity contribution is -0.139. The van der Waals surface area contributed by atoms with Gasteiger partial charge in [-0.05, 0) is 30.2 Å². The fraction of sp³-hybridized carbons (Fsp3) is 0.333. The van der Waals surface area contributed by atoms with E-state index in [1.54, 1.807) is 37.4 Å². The standard InChI is InChI=1S/C18H20N2O4S2/c1-3-4-5-13(17(23)24)19-15(21)12-8-6-11(7-9-12)10-14-16(22)20(2)18(25)26-14/h6-10,13H,3-5H2,1-2H3,(H,19,21)(H,23,24)/b14-10+. The SMILES string of the molecule is CCCCC(NC(=O)c1ccc(/C=C2/SC(=S)N(C)C2=O)cc1)C(=O)O. The van der Waals surface area contributed by atoms with Crippen molar-refractivity contribution in [3.05, 3.63) is 40.3 Å². The number of benzene rings is 1. The monoisotopic (exact) mass is 392 g/mol. The average molecular weight is 393 g/mol. The molecule has 0 spiro atoms. The summed E-state index contributed by atoms with van der Waals surface area (Å²) in [6, 6.07) is 5.73. The number of carbonyl (C=O) groups excluding carboxylic acids is 2. The lowest BCUT2D eigenvalue weighted by Gasteiger charge is -2.14. The van der Waals surface area contributed by atoms with Crippen molar-refractivity contribution in [2.75, 3.05) is 7.05 Å². The van der Waals surface area contributed by atoms with Gasteiger partial charge >= 0.3 is 5.97 Å². The molecule has 138 valence electrons. The number of nitrogens with one attached hydrogen (secondary N) is 1. The van der Waals surface area contributed by atoms with E-state index in [2.05, 4.69) is 5.32 Å². The van der Waals surface area contributed by atoms with Crippen LogP contribution in [0.25, 0.3) is 6.08 Å². The van der Waals surface area contributed by atoms with Gasteiger partial charge in [-0.15, -0.1) is 0 Å². The van der Waals surface area contributed by atoms with Gasteiger partial charge in [0.1, 0.15) is 10.4 Å². The van der Waals surface area contributed by atoms with Crippen LogP contribution in [0.5, 0.6) is 0 Å². The number of unbranched alkanes of at least 4 members (excludes halogenated alkanes) is 1. The highest BCUT2D eigenvalue weighted by Gasteiger charge is 2.28. The van der Waals surface area contributed by atoms with Gasteiger partial charge < -0.3 is 10.4 Å². The van der Waals surface area contributed by atoms with Crippen molar-refractivity contribution in [1.82, 2.24) is 10.2 Å². The minimum Gasteiger partial charge on any atom is -0.480 e. The molecule has 0 aliphatic carbocycles. The predicted molar refractivity (Wildman–Crippen MR) is 106 cm³/mol. The second-order valence-electron chi connectivity index (χ2n) is 5.87. The van der Waals surface area contributed by atoms with Gasteiger partial charge in [-0.1, -0.05) is 55.9 Å². The van der Waals surface area contributed by atoms with Gasteiger partial charge in [-0.25, -0.2) is 4.79 Å². The highest BCUT2D eigenvalue weighted by molar-refractivity contribution is 8.26. The van der Waals surface area contributed by atoms with E-state index in [0.717, 1.165) is 18.4 Å². The summed E-state index contributed by atoms with van der Waals surface area (Å²) >= 11 is 6.32. The lowest BCUT2D eigenvalue weighted by Crippen LogP contribution is -2.40. The second-order valence-corrected chi connectivity index (χ2v) is 7.55. The quantitative estimate of drug-likeness (QED) is 0.548. The molecule has 1 aliphatic rings. The summed E-state index contributed by atoms with van der Waals surface area (Å²) in [5.41, 5.74) is 1.13. The summed E-state index contributed by atoms with van der Waals surface area (Å²) in [5.74, 6) is -1.62. The molecule has 1 heterocycles. The van der Waals surface area contributed by atoms with Crippen LogP contribution in [0.15, 0.2) is 29.2 Å². The van der Waals surface area contributed by atoms with Crippen LogP contribution in [0.3, 0.4) is 0 Å². The predicted octanol–water partition coefficient (Wildman–Crippen LogP) is 2.89. The minimum atomic E-state index is -1.04. The molecule has 0 bridgehead atoms. The number of carboxylic acid groups (broad SMARTS) is 1. The summed E-state index contributed by atoms with van der Waals surface area (Å²) in [6.45, 7) is 1.96. The van der Waals surface area contributed by atoms with E-state index < -0.39 is 17.9 Å². The van der Waals surface area contributed by atoms with Crippen molar-refractivity contribution >= 4 is 52.2 Å². The zero-order valence-electron chi connectivity index (χ0n) is 14.5. The van der Waals surface area contributed by atoms with Gasteiger partial charge in [-0.3, -0.25) is 14.5 Å². The topological polar surface area (TPSA) is 86.7 Å². The van der Waals surface area contributed by atoms with Crippen LogP contribution in [-0.4, -0.2) is 45.2 Å². The lowest BCUT2D eigenvalue weighted by atomic mass is 10.1. The third kappa shape index (κ3) is 4.92. The maximum absolute atomic E-state index is 12.2. The molecule has 0 radical (unpaired) electrons. The Morgan fingerprint density at radius 3 is 2.50 bits per heavy atom. The van der Waals surface area contributed by atoms with Gasteiger partial charge in [0.2, 0.25) is 0 Å². The normalized spacial score (nSPS) is 16.8. The Hall–Kier alpha value is -2.19. The van der Waals surface area contributed by atoms with Crippen molar-refractivity contribution in [2.45, 2.75) is 32.2 Å². The van der Waals surface area contributed by atoms with Crippen LogP contribution >= 0.6 is 24.0 Å². The van der Waals surface area contributed by atoms with Crippen molar-refractivity contribution in [3.63, 3.8) is 0 Å². The first-order valence-electron chi connectivity index (χ1n) is 8.18. The summed E-state index contributed by atoms with van der Waals surface area (Å²) in [5, 5.41) is 11.7. The number of nitrogens with zero attached hydrogens (tertiary/aromatic N) is 1. The number of aliphatic carboxylic acids is 1. The molecule has 8 heteroatoms.